The molecule has 0 amide bonds. The average molecular weight is 296 g/mol. The van der Waals surface area contributed by atoms with Crippen LogP contribution in [-0.4, -0.2) is 19.1 Å². The maximum Gasteiger partial charge on any atom is 0.416 e. The predicted octanol–water partition coefficient (Wildman–Crippen LogP) is 3.72. The van der Waals surface area contributed by atoms with Crippen LogP contribution in [0.4, 0.5) is 18.9 Å². The molecular weight excluding hydrogens is 283 g/mol. The van der Waals surface area contributed by atoms with Crippen molar-refractivity contribution in [2.24, 2.45) is 0 Å². The van der Waals surface area contributed by atoms with Gasteiger partial charge in [0, 0.05) is 17.3 Å². The molecule has 3 nitrogen and oxygen atoms in total. The lowest BCUT2D eigenvalue weighted by molar-refractivity contribution is -0.142. The van der Waals surface area contributed by atoms with Gasteiger partial charge in [-0.3, -0.25) is 4.79 Å². The van der Waals surface area contributed by atoms with E-state index in [9.17, 15) is 18.0 Å². The third kappa shape index (κ3) is 5.38. The fourth-order valence-electron chi connectivity index (χ4n) is 1.40. The molecule has 1 rings (SSSR count). The Morgan fingerprint density at radius 1 is 1.37 bits per heavy atom. The number of alkyl halides is 3. The van der Waals surface area contributed by atoms with Crippen molar-refractivity contribution < 1.29 is 22.7 Å². The maximum absolute atomic E-state index is 12.5. The second kappa shape index (κ2) is 6.65. The van der Waals surface area contributed by atoms with E-state index < -0.39 is 17.7 Å². The van der Waals surface area contributed by atoms with Crippen LogP contribution < -0.4 is 5.32 Å². The van der Waals surface area contributed by atoms with Crippen LogP contribution in [0.2, 0.25) is 5.02 Å². The summed E-state index contributed by atoms with van der Waals surface area (Å²) in [5.74, 6) is -0.409. The van der Waals surface area contributed by atoms with Crippen LogP contribution in [0.1, 0.15) is 18.9 Å². The molecule has 0 saturated carbocycles. The van der Waals surface area contributed by atoms with Crippen LogP contribution in [0.15, 0.2) is 18.2 Å². The number of hydrogen-bond acceptors (Lipinski definition) is 3. The zero-order chi connectivity index (χ0) is 14.5. The Labute approximate surface area is 113 Å². The van der Waals surface area contributed by atoms with Crippen molar-refractivity contribution in [2.45, 2.75) is 19.5 Å². The van der Waals surface area contributed by atoms with Crippen molar-refractivity contribution in [3.8, 4) is 0 Å². The van der Waals surface area contributed by atoms with Gasteiger partial charge in [-0.15, -0.1) is 0 Å². The molecule has 0 saturated heterocycles. The molecule has 19 heavy (non-hydrogen) atoms. The van der Waals surface area contributed by atoms with Gasteiger partial charge in [0.1, 0.15) is 0 Å². The van der Waals surface area contributed by atoms with Gasteiger partial charge in [-0.2, -0.15) is 13.2 Å². The Morgan fingerprint density at radius 2 is 2.05 bits per heavy atom. The highest BCUT2D eigenvalue weighted by Crippen LogP contribution is 2.33. The molecular formula is C12H13ClF3NO2. The standard InChI is InChI=1S/C12H13ClF3NO2/c1-2-19-11(18)3-4-17-10-6-8(12(14,15)16)5-9(13)7-10/h5-7,17H,2-4H2,1H3. The van der Waals surface area contributed by atoms with Crippen LogP contribution in [-0.2, 0) is 15.7 Å². The number of benzene rings is 1. The van der Waals surface area contributed by atoms with Crippen LogP contribution >= 0.6 is 11.6 Å². The van der Waals surface area contributed by atoms with Crippen molar-refractivity contribution in [2.75, 3.05) is 18.5 Å². The second-order valence-electron chi connectivity index (χ2n) is 3.71. The summed E-state index contributed by atoms with van der Waals surface area (Å²) in [5.41, 5.74) is -0.622. The highest BCUT2D eigenvalue weighted by atomic mass is 35.5. The third-order valence-electron chi connectivity index (χ3n) is 2.19. The monoisotopic (exact) mass is 295 g/mol. The van der Waals surface area contributed by atoms with Crippen molar-refractivity contribution in [1.29, 1.82) is 0 Å². The van der Waals surface area contributed by atoms with Gasteiger partial charge in [-0.1, -0.05) is 11.6 Å². The highest BCUT2D eigenvalue weighted by Gasteiger charge is 2.31. The maximum atomic E-state index is 12.5. The number of ether oxygens (including phenoxy) is 1. The van der Waals surface area contributed by atoms with Crippen molar-refractivity contribution in [3.05, 3.63) is 28.8 Å². The summed E-state index contributed by atoms with van der Waals surface area (Å²) in [4.78, 5) is 11.1. The molecule has 0 unspecified atom stereocenters. The summed E-state index contributed by atoms with van der Waals surface area (Å²) < 4.78 is 42.3. The van der Waals surface area contributed by atoms with E-state index in [1.165, 1.54) is 6.07 Å². The molecule has 0 aromatic heterocycles. The van der Waals surface area contributed by atoms with Gasteiger partial charge in [-0.05, 0) is 25.1 Å². The van der Waals surface area contributed by atoms with Gasteiger partial charge in [0.2, 0.25) is 0 Å². The first kappa shape index (κ1) is 15.6. The molecule has 0 radical (unpaired) electrons. The van der Waals surface area contributed by atoms with Crippen LogP contribution in [0.25, 0.3) is 0 Å². The van der Waals surface area contributed by atoms with Gasteiger partial charge < -0.3 is 10.1 Å². The average Bonchev–Trinajstić information content (AvgIpc) is 2.27. The predicted molar refractivity (Wildman–Crippen MR) is 66.2 cm³/mol. The fourth-order valence-corrected chi connectivity index (χ4v) is 1.63. The first-order valence-corrected chi connectivity index (χ1v) is 5.98. The molecule has 0 aliphatic carbocycles. The normalized spacial score (nSPS) is 11.2. The van der Waals surface area contributed by atoms with Crippen LogP contribution in [0.5, 0.6) is 0 Å². The van der Waals surface area contributed by atoms with Gasteiger partial charge >= 0.3 is 12.1 Å². The van der Waals surface area contributed by atoms with Gasteiger partial charge in [0.25, 0.3) is 0 Å². The molecule has 0 spiro atoms. The molecule has 0 aliphatic heterocycles. The Hall–Kier alpha value is -1.43. The molecule has 106 valence electrons. The smallest absolute Gasteiger partial charge is 0.416 e. The second-order valence-corrected chi connectivity index (χ2v) is 4.14. The van der Waals surface area contributed by atoms with Crippen molar-refractivity contribution in [1.82, 2.24) is 0 Å². The Bertz CT molecular complexity index is 449. The van der Waals surface area contributed by atoms with Crippen molar-refractivity contribution in [3.63, 3.8) is 0 Å². The lowest BCUT2D eigenvalue weighted by Gasteiger charge is -2.11. The number of halogens is 4. The minimum Gasteiger partial charge on any atom is -0.466 e. The number of carbonyl (C=O) groups excluding carboxylic acids is 1. The number of carbonyl (C=O) groups is 1. The van der Waals surface area contributed by atoms with Crippen molar-refractivity contribution >= 4 is 23.3 Å². The van der Waals surface area contributed by atoms with Crippen LogP contribution in [0.3, 0.4) is 0 Å². The SMILES string of the molecule is CCOC(=O)CCNc1cc(Cl)cc(C(F)(F)F)c1. The first-order valence-electron chi connectivity index (χ1n) is 5.60. The van der Waals surface area contributed by atoms with E-state index in [-0.39, 0.29) is 30.3 Å². The van der Waals surface area contributed by atoms with E-state index in [4.69, 9.17) is 16.3 Å². The Balaban J connectivity index is 2.64. The van der Waals surface area contributed by atoms with E-state index in [0.717, 1.165) is 12.1 Å². The third-order valence-corrected chi connectivity index (χ3v) is 2.41. The molecule has 0 atom stereocenters. The lowest BCUT2D eigenvalue weighted by atomic mass is 10.2. The van der Waals surface area contributed by atoms with E-state index in [1.54, 1.807) is 6.92 Å². The molecule has 1 aromatic carbocycles. The largest absolute Gasteiger partial charge is 0.466 e. The summed E-state index contributed by atoms with van der Waals surface area (Å²) in [6.45, 7) is 2.13. The van der Waals surface area contributed by atoms with E-state index in [0.29, 0.717) is 0 Å². The summed E-state index contributed by atoms with van der Waals surface area (Å²) >= 11 is 5.62. The topological polar surface area (TPSA) is 38.3 Å². The molecule has 7 heteroatoms. The number of nitrogens with one attached hydrogen (secondary N) is 1. The minimum absolute atomic E-state index is 0.0199. The number of anilines is 1. The minimum atomic E-state index is -4.46. The number of rotatable bonds is 5. The van der Waals surface area contributed by atoms with E-state index in [1.807, 2.05) is 0 Å². The zero-order valence-corrected chi connectivity index (χ0v) is 10.9. The zero-order valence-electron chi connectivity index (χ0n) is 10.2. The number of esters is 1. The summed E-state index contributed by atoms with van der Waals surface area (Å²) in [6, 6.07) is 3.15. The fraction of sp³-hybridized carbons (Fsp3) is 0.417. The molecule has 0 fully saturated rings. The Morgan fingerprint density at radius 3 is 2.63 bits per heavy atom. The highest BCUT2D eigenvalue weighted by molar-refractivity contribution is 6.30. The van der Waals surface area contributed by atoms with Gasteiger partial charge in [0.05, 0.1) is 18.6 Å². The Kier molecular flexibility index (Phi) is 5.47. The molecule has 0 aliphatic rings. The molecule has 1 N–H and O–H groups in total. The lowest BCUT2D eigenvalue weighted by Crippen LogP contribution is -2.12. The molecule has 1 aromatic rings. The first-order chi connectivity index (χ1) is 8.82. The number of hydrogen-bond donors (Lipinski definition) is 1. The summed E-state index contributed by atoms with van der Waals surface area (Å²) in [7, 11) is 0. The molecule has 0 bridgehead atoms. The van der Waals surface area contributed by atoms with Crippen LogP contribution in [0, 0.1) is 0 Å². The van der Waals surface area contributed by atoms with Gasteiger partial charge in [0.15, 0.2) is 0 Å². The quantitative estimate of drug-likeness (QED) is 0.841. The summed E-state index contributed by atoms with van der Waals surface area (Å²) in [6.07, 6.45) is -4.38. The summed E-state index contributed by atoms with van der Waals surface area (Å²) in [5, 5.41) is 2.68. The van der Waals surface area contributed by atoms with E-state index >= 15 is 0 Å². The molecule has 0 heterocycles. The van der Waals surface area contributed by atoms with E-state index in [2.05, 4.69) is 5.32 Å². The van der Waals surface area contributed by atoms with Gasteiger partial charge in [-0.25, -0.2) is 0 Å².